The minimum absolute atomic E-state index is 0. The molecule has 0 saturated heterocycles. The number of aliphatic hydroxyl groups excluding tert-OH is 2. The number of hydrogen-bond acceptors (Lipinski definition) is 7. The van der Waals surface area contributed by atoms with E-state index in [4.69, 9.17) is 0 Å². The van der Waals surface area contributed by atoms with Gasteiger partial charge in [-0.1, -0.05) is 57.4 Å². The Labute approximate surface area is 222 Å². The zero-order valence-electron chi connectivity index (χ0n) is 20.4. The number of Topliss-reactive ketones (excluding diaryl/α,β-unsaturated/α-hetero) is 1. The molecule has 186 valence electrons. The summed E-state index contributed by atoms with van der Waals surface area (Å²) in [7, 11) is -4.54. The van der Waals surface area contributed by atoms with Crippen molar-refractivity contribution in [3.63, 3.8) is 0 Å². The molecule has 0 aromatic heterocycles. The molecule has 0 aromatic carbocycles. The first-order chi connectivity index (χ1) is 15.3. The van der Waals surface area contributed by atoms with Crippen LogP contribution in [-0.4, -0.2) is 88.9 Å². The van der Waals surface area contributed by atoms with Crippen LogP contribution in [0.15, 0.2) is 12.7 Å². The topological polar surface area (TPSA) is 121 Å². The Bertz CT molecular complexity index is 699. The monoisotopic (exact) mass is 497 g/mol. The number of unbranched alkanes of at least 4 members (excludes halogenated alkanes) is 10. The molecule has 0 radical (unpaired) electrons. The normalized spacial score (nSPS) is 14.9. The molecule has 1 unspecified atom stereocenters. The van der Waals surface area contributed by atoms with Crippen molar-refractivity contribution in [1.82, 2.24) is 4.90 Å². The maximum absolute atomic E-state index is 12.8. The van der Waals surface area contributed by atoms with Gasteiger partial charge in [0.1, 0.15) is 32.3 Å². The molecule has 33 heavy (non-hydrogen) atoms. The molecule has 8 nitrogen and oxygen atoms in total. The number of ketones is 1. The molecule has 1 aliphatic heterocycles. The first-order valence-electron chi connectivity index (χ1n) is 12.0. The number of aliphatic hydroxyl groups is 2. The van der Waals surface area contributed by atoms with E-state index in [1.807, 2.05) is 6.08 Å². The largest absolute Gasteiger partial charge is 1.00 e. The molecule has 1 heterocycles. The smallest absolute Gasteiger partial charge is 0.748 e. The van der Waals surface area contributed by atoms with Gasteiger partial charge < -0.3 is 14.8 Å². The van der Waals surface area contributed by atoms with E-state index in [1.54, 1.807) is 9.48 Å². The van der Waals surface area contributed by atoms with Gasteiger partial charge in [0.2, 0.25) is 5.78 Å². The summed E-state index contributed by atoms with van der Waals surface area (Å²) in [5.74, 6) is -0.523. The fraction of sp³-hybridized carbons (Fsp3) is 0.826. The van der Waals surface area contributed by atoms with Crippen LogP contribution in [0.4, 0.5) is 0 Å². The predicted molar refractivity (Wildman–Crippen MR) is 125 cm³/mol. The maximum Gasteiger partial charge on any atom is 1.00 e. The van der Waals surface area contributed by atoms with Crippen molar-refractivity contribution in [2.24, 2.45) is 0 Å². The number of allylic oxidation sites excluding steroid dienone is 1. The summed E-state index contributed by atoms with van der Waals surface area (Å²) < 4.78 is 34.3. The zero-order chi connectivity index (χ0) is 23.8. The second-order valence-corrected chi connectivity index (χ2v) is 10.1. The Kier molecular flexibility index (Phi) is 18.8. The fourth-order valence-corrected chi connectivity index (χ4v) is 4.74. The Morgan fingerprint density at radius 1 is 1.09 bits per heavy atom. The molecular weight excluding hydrogens is 455 g/mol. The second kappa shape index (κ2) is 19.0. The summed E-state index contributed by atoms with van der Waals surface area (Å²) in [6.45, 7) is 4.83. The number of nitrogens with zero attached hydrogens (tertiary/aromatic N) is 2. The summed E-state index contributed by atoms with van der Waals surface area (Å²) in [5.41, 5.74) is 0. The first-order valence-corrected chi connectivity index (χ1v) is 13.6. The molecule has 0 saturated carbocycles. The van der Waals surface area contributed by atoms with Gasteiger partial charge >= 0.3 is 35.4 Å². The van der Waals surface area contributed by atoms with Crippen molar-refractivity contribution >= 4 is 21.7 Å². The number of carbonyl (C=O) groups excluding carboxylic acids is 1. The van der Waals surface area contributed by atoms with Gasteiger partial charge in [-0.05, 0) is 19.3 Å². The maximum atomic E-state index is 12.8. The molecule has 0 amide bonds. The van der Waals surface area contributed by atoms with Crippen molar-refractivity contribution in [2.75, 3.05) is 38.5 Å². The molecule has 1 rings (SSSR count). The Morgan fingerprint density at radius 3 is 2.15 bits per heavy atom. The van der Waals surface area contributed by atoms with Gasteiger partial charge in [-0.3, -0.25) is 14.3 Å². The van der Waals surface area contributed by atoms with Crippen LogP contribution in [-0.2, 0) is 14.9 Å². The molecule has 1 atom stereocenters. The number of carbonyl (C=O) groups is 1. The second-order valence-electron chi connectivity index (χ2n) is 8.64. The quantitative estimate of drug-likeness (QED) is 0.0732. The minimum atomic E-state index is -4.54. The number of amidine groups is 1. The van der Waals surface area contributed by atoms with Crippen molar-refractivity contribution in [3.8, 4) is 0 Å². The van der Waals surface area contributed by atoms with E-state index in [9.17, 15) is 28.0 Å². The molecular formula is C23H42N2NaO6S+. The van der Waals surface area contributed by atoms with Gasteiger partial charge in [-0.25, -0.2) is 8.42 Å². The summed E-state index contributed by atoms with van der Waals surface area (Å²) in [6, 6.07) is 0. The summed E-state index contributed by atoms with van der Waals surface area (Å²) in [4.78, 5) is 14.6. The van der Waals surface area contributed by atoms with Crippen molar-refractivity contribution < 1.29 is 62.1 Å². The van der Waals surface area contributed by atoms with Crippen LogP contribution in [0.1, 0.15) is 77.0 Å². The van der Waals surface area contributed by atoms with E-state index in [0.29, 0.717) is 31.9 Å². The van der Waals surface area contributed by atoms with Crippen molar-refractivity contribution in [3.05, 3.63) is 12.7 Å². The average Bonchev–Trinajstić information content (AvgIpc) is 3.09. The Balaban J connectivity index is 0.0000102. The van der Waals surface area contributed by atoms with Gasteiger partial charge in [-0.15, -0.1) is 6.58 Å². The zero-order valence-corrected chi connectivity index (χ0v) is 23.2. The third-order valence-electron chi connectivity index (χ3n) is 5.75. The third-order valence-corrected chi connectivity index (χ3v) is 6.54. The van der Waals surface area contributed by atoms with E-state index in [1.165, 1.54) is 44.9 Å². The molecule has 0 spiro atoms. The van der Waals surface area contributed by atoms with Crippen LogP contribution in [0, 0.1) is 0 Å². The van der Waals surface area contributed by atoms with Crippen LogP contribution in [0.25, 0.3) is 0 Å². The molecule has 10 heteroatoms. The van der Waals surface area contributed by atoms with Crippen LogP contribution in [0.3, 0.4) is 0 Å². The molecule has 1 aliphatic rings. The fourth-order valence-electron chi connectivity index (χ4n) is 4.17. The molecule has 0 bridgehead atoms. The average molecular weight is 498 g/mol. The van der Waals surface area contributed by atoms with Crippen LogP contribution in [0.5, 0.6) is 0 Å². The SMILES string of the molecule is C=CCCCCCCCCCCCCC(=O)C1=[N+](CC(O)CS(=O)(=O)[O-])CCN1CCO.[Na+]. The molecule has 0 aromatic rings. The summed E-state index contributed by atoms with van der Waals surface area (Å²) in [5, 5.41) is 19.2. The minimum Gasteiger partial charge on any atom is -0.748 e. The molecule has 0 fully saturated rings. The van der Waals surface area contributed by atoms with Crippen LogP contribution >= 0.6 is 0 Å². The first kappa shape index (κ1) is 32.7. The van der Waals surface area contributed by atoms with Gasteiger partial charge in [0.05, 0.1) is 22.5 Å². The van der Waals surface area contributed by atoms with Gasteiger partial charge in [-0.2, -0.15) is 0 Å². The third kappa shape index (κ3) is 15.3. The van der Waals surface area contributed by atoms with Gasteiger partial charge in [0.25, 0.3) is 0 Å². The standard InChI is InChI=1S/C23H42N2O6S.Na/c1-2-3-4-5-6-7-8-9-10-11-12-13-14-22(28)23-24(17-18-26)15-16-25(23)19-21(27)20-32(29,30)31;/h2,21,26-27H,1,3-20H2;/q;+1. The summed E-state index contributed by atoms with van der Waals surface area (Å²) in [6.07, 6.45) is 13.7. The Hall–Kier alpha value is -0.290. The van der Waals surface area contributed by atoms with E-state index in [-0.39, 0.29) is 48.5 Å². The summed E-state index contributed by atoms with van der Waals surface area (Å²) >= 11 is 0. The number of rotatable bonds is 20. The van der Waals surface area contributed by atoms with E-state index in [2.05, 4.69) is 6.58 Å². The van der Waals surface area contributed by atoms with Gasteiger partial charge in [0.15, 0.2) is 0 Å². The van der Waals surface area contributed by atoms with Crippen molar-refractivity contribution in [1.29, 1.82) is 0 Å². The number of hydrogen-bond donors (Lipinski definition) is 2. The van der Waals surface area contributed by atoms with E-state index in [0.717, 1.165) is 25.7 Å². The predicted octanol–water partition coefficient (Wildman–Crippen LogP) is -0.948. The van der Waals surface area contributed by atoms with E-state index >= 15 is 0 Å². The Morgan fingerprint density at radius 2 is 1.64 bits per heavy atom. The van der Waals surface area contributed by atoms with Gasteiger partial charge in [0, 0.05) is 6.42 Å². The van der Waals surface area contributed by atoms with E-state index < -0.39 is 22.0 Å². The van der Waals surface area contributed by atoms with Crippen LogP contribution in [0.2, 0.25) is 0 Å². The molecule has 2 N–H and O–H groups in total. The molecule has 0 aliphatic carbocycles. The number of β-amino-alcohol motifs (C(OH)–C–C–N with tert-alkyl or cyclic N) is 2. The van der Waals surface area contributed by atoms with Crippen molar-refractivity contribution in [2.45, 2.75) is 83.2 Å². The van der Waals surface area contributed by atoms with Crippen LogP contribution < -0.4 is 29.6 Å².